The van der Waals surface area contributed by atoms with Gasteiger partial charge in [-0.1, -0.05) is 0 Å². The third kappa shape index (κ3) is 4.62. The molecule has 3 N–H and O–H groups in total. The molecule has 0 atom stereocenters. The summed E-state index contributed by atoms with van der Waals surface area (Å²) in [5.74, 6) is 2.55. The van der Waals surface area contributed by atoms with Crippen LogP contribution in [0.1, 0.15) is 12.8 Å². The van der Waals surface area contributed by atoms with E-state index in [1.807, 2.05) is 0 Å². The summed E-state index contributed by atoms with van der Waals surface area (Å²) >= 11 is 3.98. The molecule has 0 aliphatic rings. The van der Waals surface area contributed by atoms with Crippen molar-refractivity contribution in [2.45, 2.75) is 12.8 Å². The summed E-state index contributed by atoms with van der Waals surface area (Å²) in [5.41, 5.74) is 5.65. The van der Waals surface area contributed by atoms with Crippen molar-refractivity contribution in [2.24, 2.45) is 5.73 Å². The number of nitro groups is 1. The smallest absolute Gasteiger partial charge is 0.333 e. The number of hydrogen-bond donors (Lipinski definition) is 3. The van der Waals surface area contributed by atoms with E-state index in [0.29, 0.717) is 30.8 Å². The Bertz CT molecular complexity index is 270. The number of terminal acetylenes is 1. The number of nitrogens with two attached hydrogens (primary N) is 1. The first-order valence-corrected chi connectivity index (χ1v) is 4.68. The van der Waals surface area contributed by atoms with E-state index in [1.54, 1.807) is 0 Å². The average Bonchev–Trinajstić information content (AvgIpc) is 2.15. The minimum absolute atomic E-state index is 0.365. The Morgan fingerprint density at radius 3 is 2.79 bits per heavy atom. The first kappa shape index (κ1) is 12.7. The predicted octanol–water partition coefficient (Wildman–Crippen LogP) is 0.324. The van der Waals surface area contributed by atoms with Crippen LogP contribution in [-0.2, 0) is 0 Å². The molecule has 0 aromatic rings. The highest BCUT2D eigenvalue weighted by atomic mass is 32.1. The van der Waals surface area contributed by atoms with Crippen LogP contribution < -0.4 is 11.1 Å². The quantitative estimate of drug-likeness (QED) is 0.196. The lowest BCUT2D eigenvalue weighted by Gasteiger charge is -2.08. The summed E-state index contributed by atoms with van der Waals surface area (Å²) in [6, 6.07) is 0. The highest BCUT2D eigenvalue weighted by Crippen LogP contribution is 2.03. The lowest BCUT2D eigenvalue weighted by molar-refractivity contribution is -0.428. The van der Waals surface area contributed by atoms with Crippen molar-refractivity contribution in [2.75, 3.05) is 12.3 Å². The maximum absolute atomic E-state index is 10.4. The second-order valence-electron chi connectivity index (χ2n) is 2.48. The summed E-state index contributed by atoms with van der Waals surface area (Å²) in [6.45, 7) is 0.480. The van der Waals surface area contributed by atoms with Gasteiger partial charge in [0.25, 0.3) is 0 Å². The summed E-state index contributed by atoms with van der Waals surface area (Å²) in [7, 11) is 0. The normalized spacial score (nSPS) is 11.4. The minimum atomic E-state index is -0.623. The zero-order valence-electron chi connectivity index (χ0n) is 7.69. The molecule has 0 heterocycles. The third-order valence-electron chi connectivity index (χ3n) is 1.48. The van der Waals surface area contributed by atoms with E-state index in [2.05, 4.69) is 23.9 Å². The fourth-order valence-corrected chi connectivity index (χ4v) is 1.04. The van der Waals surface area contributed by atoms with Crippen molar-refractivity contribution in [3.8, 4) is 12.3 Å². The van der Waals surface area contributed by atoms with Gasteiger partial charge in [0.15, 0.2) is 0 Å². The standard InChI is InChI=1S/C8H13N3O2S/c1-2-3-5-10-7(4-6-14)8(9)11(12)13/h1,10,14H,3-6,9H2. The van der Waals surface area contributed by atoms with Crippen LogP contribution in [0.15, 0.2) is 11.5 Å². The molecule has 0 aliphatic heterocycles. The van der Waals surface area contributed by atoms with Crippen LogP contribution in [0, 0.1) is 22.5 Å². The van der Waals surface area contributed by atoms with Crippen molar-refractivity contribution >= 4 is 12.6 Å². The van der Waals surface area contributed by atoms with Crippen LogP contribution in [0.4, 0.5) is 0 Å². The van der Waals surface area contributed by atoms with Gasteiger partial charge in [-0.25, -0.2) is 0 Å². The monoisotopic (exact) mass is 215 g/mol. The number of nitrogens with one attached hydrogen (secondary N) is 1. The zero-order valence-corrected chi connectivity index (χ0v) is 8.59. The highest BCUT2D eigenvalue weighted by molar-refractivity contribution is 7.80. The summed E-state index contributed by atoms with van der Waals surface area (Å²) in [4.78, 5) is 9.74. The van der Waals surface area contributed by atoms with Crippen molar-refractivity contribution < 1.29 is 4.92 Å². The van der Waals surface area contributed by atoms with Gasteiger partial charge in [-0.15, -0.1) is 12.3 Å². The number of thiol groups is 1. The van der Waals surface area contributed by atoms with Gasteiger partial charge in [-0.2, -0.15) is 12.6 Å². The number of nitrogens with zero attached hydrogens (tertiary/aromatic N) is 1. The lowest BCUT2D eigenvalue weighted by atomic mass is 10.3. The lowest BCUT2D eigenvalue weighted by Crippen LogP contribution is -2.23. The second kappa shape index (κ2) is 7.09. The molecule has 0 aromatic carbocycles. The Labute approximate surface area is 88.3 Å². The molecule has 0 saturated heterocycles. The number of hydrogen-bond acceptors (Lipinski definition) is 5. The van der Waals surface area contributed by atoms with E-state index < -0.39 is 4.92 Å². The molecule has 0 saturated carbocycles. The van der Waals surface area contributed by atoms with Gasteiger partial charge < -0.3 is 15.4 Å². The molecule has 6 heteroatoms. The molecule has 0 spiro atoms. The summed E-state index contributed by atoms with van der Waals surface area (Å²) in [6.07, 6.45) is 5.97. The maximum Gasteiger partial charge on any atom is 0.333 e. The molecular weight excluding hydrogens is 202 g/mol. The van der Waals surface area contributed by atoms with Crippen molar-refractivity contribution in [3.05, 3.63) is 21.6 Å². The number of rotatable bonds is 6. The molecule has 14 heavy (non-hydrogen) atoms. The Morgan fingerprint density at radius 1 is 1.71 bits per heavy atom. The molecule has 0 rings (SSSR count). The molecule has 5 nitrogen and oxygen atoms in total. The zero-order chi connectivity index (χ0) is 11.0. The van der Waals surface area contributed by atoms with Crippen molar-refractivity contribution in [3.63, 3.8) is 0 Å². The second-order valence-corrected chi connectivity index (χ2v) is 2.92. The van der Waals surface area contributed by atoms with Crippen LogP contribution >= 0.6 is 12.6 Å². The molecule has 0 aromatic heterocycles. The van der Waals surface area contributed by atoms with Crippen LogP contribution in [0.25, 0.3) is 0 Å². The summed E-state index contributed by atoms with van der Waals surface area (Å²) < 4.78 is 0. The van der Waals surface area contributed by atoms with E-state index >= 15 is 0 Å². The fourth-order valence-electron chi connectivity index (χ4n) is 0.815. The Morgan fingerprint density at radius 2 is 2.36 bits per heavy atom. The van der Waals surface area contributed by atoms with Crippen molar-refractivity contribution in [1.29, 1.82) is 0 Å². The highest BCUT2D eigenvalue weighted by Gasteiger charge is 2.10. The Balaban J connectivity index is 4.36. The first-order valence-electron chi connectivity index (χ1n) is 4.04. The molecule has 0 unspecified atom stereocenters. The molecule has 0 radical (unpaired) electrons. The van der Waals surface area contributed by atoms with Crippen LogP contribution in [0.5, 0.6) is 0 Å². The Kier molecular flexibility index (Phi) is 6.41. The van der Waals surface area contributed by atoms with Crippen molar-refractivity contribution in [1.82, 2.24) is 5.32 Å². The average molecular weight is 215 g/mol. The van der Waals surface area contributed by atoms with E-state index in [9.17, 15) is 10.1 Å². The van der Waals surface area contributed by atoms with E-state index in [1.165, 1.54) is 0 Å². The molecule has 0 amide bonds. The molecule has 0 fully saturated rings. The molecule has 0 aliphatic carbocycles. The largest absolute Gasteiger partial charge is 0.381 e. The van der Waals surface area contributed by atoms with Gasteiger partial charge in [-0.3, -0.25) is 5.73 Å². The van der Waals surface area contributed by atoms with Crippen LogP contribution in [-0.4, -0.2) is 17.2 Å². The van der Waals surface area contributed by atoms with Gasteiger partial charge >= 0.3 is 5.82 Å². The summed E-state index contributed by atoms with van der Waals surface area (Å²) in [5, 5.41) is 13.2. The molecule has 78 valence electrons. The fraction of sp³-hybridized carbons (Fsp3) is 0.500. The Hall–Kier alpha value is -1.35. The van der Waals surface area contributed by atoms with Crippen LogP contribution in [0.2, 0.25) is 0 Å². The van der Waals surface area contributed by atoms with Gasteiger partial charge in [0.2, 0.25) is 0 Å². The SMILES string of the molecule is C#CCCNC(CCS)=C(N)[N+](=O)[O-]. The van der Waals surface area contributed by atoms with E-state index in [0.717, 1.165) is 0 Å². The maximum atomic E-state index is 10.4. The third-order valence-corrected chi connectivity index (χ3v) is 1.70. The van der Waals surface area contributed by atoms with E-state index in [-0.39, 0.29) is 5.82 Å². The van der Waals surface area contributed by atoms with Crippen LogP contribution in [0.3, 0.4) is 0 Å². The van der Waals surface area contributed by atoms with Gasteiger partial charge in [0.1, 0.15) is 5.70 Å². The van der Waals surface area contributed by atoms with Gasteiger partial charge in [0.05, 0.1) is 0 Å². The minimum Gasteiger partial charge on any atom is -0.381 e. The first-order chi connectivity index (χ1) is 6.63. The molecular formula is C8H13N3O2S. The topological polar surface area (TPSA) is 81.2 Å². The number of allylic oxidation sites excluding steroid dienone is 1. The van der Waals surface area contributed by atoms with Gasteiger partial charge in [-0.05, 0) is 10.7 Å². The molecule has 0 bridgehead atoms. The van der Waals surface area contributed by atoms with Gasteiger partial charge in [0, 0.05) is 19.4 Å². The predicted molar refractivity (Wildman–Crippen MR) is 58.1 cm³/mol. The van der Waals surface area contributed by atoms with E-state index in [4.69, 9.17) is 12.2 Å².